The van der Waals surface area contributed by atoms with Crippen molar-refractivity contribution in [3.05, 3.63) is 89.5 Å². The van der Waals surface area contributed by atoms with E-state index < -0.39 is 12.6 Å². The van der Waals surface area contributed by atoms with Gasteiger partial charge in [0, 0.05) is 12.0 Å². The fourth-order valence-corrected chi connectivity index (χ4v) is 3.88. The fourth-order valence-electron chi connectivity index (χ4n) is 3.88. The lowest BCUT2D eigenvalue weighted by molar-refractivity contribution is -0.149. The van der Waals surface area contributed by atoms with E-state index in [1.165, 1.54) is 0 Å². The molecule has 1 heterocycles. The van der Waals surface area contributed by atoms with Gasteiger partial charge in [-0.2, -0.15) is 0 Å². The van der Waals surface area contributed by atoms with E-state index in [-0.39, 0.29) is 18.3 Å². The monoisotopic (exact) mass is 443 g/mol. The number of nitrogens with zero attached hydrogens (tertiary/aromatic N) is 1. The molecule has 0 bridgehead atoms. The summed E-state index contributed by atoms with van der Waals surface area (Å²) in [6.45, 7) is 1.07. The summed E-state index contributed by atoms with van der Waals surface area (Å²) in [4.78, 5) is 38.7. The minimum absolute atomic E-state index is 0.0381. The molecule has 33 heavy (non-hydrogen) atoms. The van der Waals surface area contributed by atoms with Crippen LogP contribution < -0.4 is 9.64 Å². The topological polar surface area (TPSA) is 72.9 Å². The summed E-state index contributed by atoms with van der Waals surface area (Å²) in [5, 5.41) is 0. The number of Topliss-reactive ketones (excluding diaryl/α,β-unsaturated/α-hetero) is 1. The lowest BCUT2D eigenvalue weighted by Crippen LogP contribution is -2.32. The van der Waals surface area contributed by atoms with E-state index in [1.807, 2.05) is 48.5 Å². The number of amides is 1. The molecule has 0 aliphatic carbocycles. The first-order chi connectivity index (χ1) is 16.1. The molecular formula is C27H25NO5. The third kappa shape index (κ3) is 5.12. The van der Waals surface area contributed by atoms with Crippen molar-refractivity contribution >= 4 is 29.0 Å². The largest absolute Gasteiger partial charge is 0.482 e. The first kappa shape index (κ1) is 22.3. The van der Waals surface area contributed by atoms with Crippen molar-refractivity contribution in [1.82, 2.24) is 0 Å². The molecule has 1 aliphatic heterocycles. The minimum atomic E-state index is -0.645. The van der Waals surface area contributed by atoms with Gasteiger partial charge in [-0.3, -0.25) is 14.5 Å². The zero-order valence-corrected chi connectivity index (χ0v) is 18.5. The zero-order valence-electron chi connectivity index (χ0n) is 18.5. The molecule has 0 fully saturated rings. The number of hydrogen-bond acceptors (Lipinski definition) is 5. The van der Waals surface area contributed by atoms with E-state index in [0.717, 1.165) is 35.3 Å². The van der Waals surface area contributed by atoms with Crippen molar-refractivity contribution in [3.8, 4) is 5.75 Å². The van der Waals surface area contributed by atoms with Gasteiger partial charge in [0.2, 0.25) is 0 Å². The summed E-state index contributed by atoms with van der Waals surface area (Å²) >= 11 is 0. The number of aryl methyl sites for hydroxylation is 2. The van der Waals surface area contributed by atoms with Gasteiger partial charge in [-0.1, -0.05) is 43.3 Å². The number of rotatable bonds is 7. The summed E-state index contributed by atoms with van der Waals surface area (Å²) in [5.74, 6) is -0.488. The SMILES string of the molecule is CCC(=O)c1ccc(OCC(=O)OCC(=O)N2c3ccccc3CCc3ccccc32)cc1. The van der Waals surface area contributed by atoms with Crippen LogP contribution in [0.4, 0.5) is 11.4 Å². The molecule has 0 spiro atoms. The highest BCUT2D eigenvalue weighted by Crippen LogP contribution is 2.35. The Labute approximate surface area is 192 Å². The smallest absolute Gasteiger partial charge is 0.344 e. The fraction of sp³-hybridized carbons (Fsp3) is 0.222. The molecule has 0 unspecified atom stereocenters. The Morgan fingerprint density at radius 3 is 1.94 bits per heavy atom. The molecule has 0 saturated heterocycles. The predicted octanol–water partition coefficient (Wildman–Crippen LogP) is 4.66. The predicted molar refractivity (Wildman–Crippen MR) is 125 cm³/mol. The van der Waals surface area contributed by atoms with Gasteiger partial charge in [0.05, 0.1) is 11.4 Å². The molecule has 6 nitrogen and oxygen atoms in total. The highest BCUT2D eigenvalue weighted by atomic mass is 16.6. The Bertz CT molecular complexity index is 1120. The Kier molecular flexibility index (Phi) is 6.83. The van der Waals surface area contributed by atoms with E-state index in [0.29, 0.717) is 17.7 Å². The third-order valence-electron chi connectivity index (χ3n) is 5.59. The van der Waals surface area contributed by atoms with E-state index >= 15 is 0 Å². The number of carbonyl (C=O) groups is 3. The molecule has 168 valence electrons. The van der Waals surface area contributed by atoms with Crippen molar-refractivity contribution in [2.75, 3.05) is 18.1 Å². The van der Waals surface area contributed by atoms with Crippen LogP contribution in [0.15, 0.2) is 72.8 Å². The second-order valence-corrected chi connectivity index (χ2v) is 7.74. The standard InChI is InChI=1S/C27H25NO5/c1-2-25(29)21-13-15-22(16-14-21)32-18-27(31)33-17-26(30)28-23-9-5-3-7-19(23)11-12-20-8-4-6-10-24(20)28/h3-10,13-16H,2,11-12,17-18H2,1H3. The number of para-hydroxylation sites is 2. The molecule has 0 radical (unpaired) electrons. The van der Waals surface area contributed by atoms with Crippen molar-refractivity contribution < 1.29 is 23.9 Å². The maximum atomic E-state index is 13.2. The lowest BCUT2D eigenvalue weighted by atomic mass is 10.0. The molecule has 0 N–H and O–H groups in total. The van der Waals surface area contributed by atoms with Crippen LogP contribution in [0.2, 0.25) is 0 Å². The van der Waals surface area contributed by atoms with Gasteiger partial charge in [-0.05, 0) is 60.4 Å². The van der Waals surface area contributed by atoms with Crippen LogP contribution in [0.5, 0.6) is 5.75 Å². The molecule has 0 saturated carbocycles. The van der Waals surface area contributed by atoms with Crippen molar-refractivity contribution in [3.63, 3.8) is 0 Å². The van der Waals surface area contributed by atoms with E-state index in [2.05, 4.69) is 0 Å². The lowest BCUT2D eigenvalue weighted by Gasteiger charge is -2.24. The number of carbonyl (C=O) groups excluding carboxylic acids is 3. The van der Waals surface area contributed by atoms with Crippen molar-refractivity contribution in [2.45, 2.75) is 26.2 Å². The zero-order chi connectivity index (χ0) is 23.2. The van der Waals surface area contributed by atoms with Crippen LogP contribution in [-0.2, 0) is 27.2 Å². The summed E-state index contributed by atoms with van der Waals surface area (Å²) in [5.41, 5.74) is 4.35. The van der Waals surface area contributed by atoms with Crippen LogP contribution in [0.1, 0.15) is 34.8 Å². The number of ether oxygens (including phenoxy) is 2. The second-order valence-electron chi connectivity index (χ2n) is 7.74. The molecular weight excluding hydrogens is 418 g/mol. The quantitative estimate of drug-likeness (QED) is 0.392. The van der Waals surface area contributed by atoms with E-state index in [9.17, 15) is 14.4 Å². The van der Waals surface area contributed by atoms with Gasteiger partial charge >= 0.3 is 5.97 Å². The van der Waals surface area contributed by atoms with Gasteiger partial charge in [0.1, 0.15) is 5.75 Å². The maximum absolute atomic E-state index is 13.2. The van der Waals surface area contributed by atoms with Gasteiger partial charge in [0.25, 0.3) is 5.91 Å². The number of anilines is 2. The van der Waals surface area contributed by atoms with Gasteiger partial charge in [0.15, 0.2) is 19.0 Å². The molecule has 3 aromatic carbocycles. The Morgan fingerprint density at radius 1 is 0.788 bits per heavy atom. The van der Waals surface area contributed by atoms with Crippen LogP contribution in [0, 0.1) is 0 Å². The van der Waals surface area contributed by atoms with Gasteiger partial charge in [-0.25, -0.2) is 4.79 Å². The number of hydrogen-bond donors (Lipinski definition) is 0. The number of esters is 1. The molecule has 3 aromatic rings. The summed E-state index contributed by atoms with van der Waals surface area (Å²) < 4.78 is 10.7. The van der Waals surface area contributed by atoms with Crippen LogP contribution in [0.25, 0.3) is 0 Å². The van der Waals surface area contributed by atoms with Crippen LogP contribution in [0.3, 0.4) is 0 Å². The average molecular weight is 443 g/mol. The van der Waals surface area contributed by atoms with Gasteiger partial charge < -0.3 is 9.47 Å². The first-order valence-corrected chi connectivity index (χ1v) is 11.0. The summed E-state index contributed by atoms with van der Waals surface area (Å²) in [6.07, 6.45) is 2.08. The molecule has 6 heteroatoms. The highest BCUT2D eigenvalue weighted by Gasteiger charge is 2.26. The normalized spacial score (nSPS) is 12.2. The number of benzene rings is 3. The number of fused-ring (bicyclic) bond motifs is 2. The molecule has 1 aliphatic rings. The van der Waals surface area contributed by atoms with Gasteiger partial charge in [-0.15, -0.1) is 0 Å². The summed E-state index contributed by atoms with van der Waals surface area (Å²) in [6, 6.07) is 22.1. The maximum Gasteiger partial charge on any atom is 0.344 e. The highest BCUT2D eigenvalue weighted by molar-refractivity contribution is 6.03. The van der Waals surface area contributed by atoms with E-state index in [4.69, 9.17) is 9.47 Å². The molecule has 4 rings (SSSR count). The first-order valence-electron chi connectivity index (χ1n) is 11.0. The Hall–Kier alpha value is -3.93. The minimum Gasteiger partial charge on any atom is -0.482 e. The molecule has 1 amide bonds. The Balaban J connectivity index is 1.39. The van der Waals surface area contributed by atoms with E-state index in [1.54, 1.807) is 36.1 Å². The number of ketones is 1. The second kappa shape index (κ2) is 10.1. The van der Waals surface area contributed by atoms with Crippen molar-refractivity contribution in [2.24, 2.45) is 0 Å². The van der Waals surface area contributed by atoms with Crippen LogP contribution >= 0.6 is 0 Å². The Morgan fingerprint density at radius 2 is 1.36 bits per heavy atom. The average Bonchev–Trinajstić information content (AvgIpc) is 3.03. The molecule has 0 aromatic heterocycles. The van der Waals surface area contributed by atoms with Crippen molar-refractivity contribution in [1.29, 1.82) is 0 Å². The summed E-state index contributed by atoms with van der Waals surface area (Å²) in [7, 11) is 0. The molecule has 0 atom stereocenters. The van der Waals surface area contributed by atoms with Crippen LogP contribution in [-0.4, -0.2) is 30.9 Å². The third-order valence-corrected chi connectivity index (χ3v) is 5.59.